The van der Waals surface area contributed by atoms with E-state index in [1.807, 2.05) is 60.7 Å². The first-order valence-electron chi connectivity index (χ1n) is 8.43. The molecule has 0 aromatic heterocycles. The van der Waals surface area contributed by atoms with Gasteiger partial charge in [0.1, 0.15) is 5.75 Å². The minimum Gasteiger partial charge on any atom is -0.481 e. The molecule has 0 aliphatic carbocycles. The minimum atomic E-state index is -0.788. The van der Waals surface area contributed by atoms with Crippen LogP contribution in [0, 0.1) is 0 Å². The van der Waals surface area contributed by atoms with Gasteiger partial charge in [0.05, 0.1) is 0 Å². The molecule has 0 aliphatic rings. The molecule has 0 bridgehead atoms. The van der Waals surface area contributed by atoms with E-state index in [1.165, 1.54) is 0 Å². The second kappa shape index (κ2) is 10.1. The van der Waals surface area contributed by atoms with Gasteiger partial charge < -0.3 is 15.2 Å². The van der Waals surface area contributed by atoms with Gasteiger partial charge in [0.15, 0.2) is 0 Å². The van der Waals surface area contributed by atoms with Crippen LogP contribution in [0.3, 0.4) is 0 Å². The number of carbonyl (C=O) groups is 2. The molecule has 0 heterocycles. The molecule has 0 fully saturated rings. The van der Waals surface area contributed by atoms with Crippen molar-refractivity contribution in [1.82, 2.24) is 5.32 Å². The number of nitrogens with one attached hydrogen (secondary N) is 1. The van der Waals surface area contributed by atoms with Crippen LogP contribution in [0.25, 0.3) is 0 Å². The standard InChI is InChI=1S/C20H23NO4/c22-18(23)14-8-3-9-15-21-20(24)19(16-10-4-1-5-11-16)25-17-12-6-2-7-13-17/h1-2,4-7,10-13,19H,3,8-9,14-15H2,(H,21,24)(H,22,23). The number of unbranched alkanes of at least 4 members (excludes halogenated alkanes) is 2. The third kappa shape index (κ3) is 6.67. The summed E-state index contributed by atoms with van der Waals surface area (Å²) in [5, 5.41) is 11.5. The first kappa shape index (κ1) is 18.5. The molecule has 5 heteroatoms. The van der Waals surface area contributed by atoms with E-state index in [0.29, 0.717) is 18.7 Å². The molecule has 1 unspecified atom stereocenters. The first-order valence-corrected chi connectivity index (χ1v) is 8.43. The monoisotopic (exact) mass is 341 g/mol. The predicted molar refractivity (Wildman–Crippen MR) is 95.4 cm³/mol. The van der Waals surface area contributed by atoms with Gasteiger partial charge in [-0.2, -0.15) is 0 Å². The van der Waals surface area contributed by atoms with E-state index in [-0.39, 0.29) is 12.3 Å². The van der Waals surface area contributed by atoms with Crippen LogP contribution in [0.5, 0.6) is 5.75 Å². The Labute approximate surface area is 147 Å². The summed E-state index contributed by atoms with van der Waals surface area (Å²) in [6, 6.07) is 18.6. The predicted octanol–water partition coefficient (Wildman–Crippen LogP) is 3.57. The second-order valence-electron chi connectivity index (χ2n) is 5.72. The number of carboxylic acids is 1. The van der Waals surface area contributed by atoms with Crippen molar-refractivity contribution >= 4 is 11.9 Å². The number of carbonyl (C=O) groups excluding carboxylic acids is 1. The highest BCUT2D eigenvalue weighted by atomic mass is 16.5. The van der Waals surface area contributed by atoms with Crippen molar-refractivity contribution in [2.75, 3.05) is 6.54 Å². The van der Waals surface area contributed by atoms with Crippen LogP contribution in [-0.2, 0) is 9.59 Å². The van der Waals surface area contributed by atoms with Gasteiger partial charge in [-0.05, 0) is 25.0 Å². The zero-order valence-electron chi connectivity index (χ0n) is 14.1. The van der Waals surface area contributed by atoms with Crippen LogP contribution in [0.2, 0.25) is 0 Å². The highest BCUT2D eigenvalue weighted by molar-refractivity contribution is 5.82. The fourth-order valence-corrected chi connectivity index (χ4v) is 2.42. The Morgan fingerprint density at radius 1 is 0.920 bits per heavy atom. The van der Waals surface area contributed by atoms with E-state index in [9.17, 15) is 9.59 Å². The quantitative estimate of drug-likeness (QED) is 0.648. The topological polar surface area (TPSA) is 75.6 Å². The summed E-state index contributed by atoms with van der Waals surface area (Å²) in [7, 11) is 0. The lowest BCUT2D eigenvalue weighted by Gasteiger charge is -2.19. The van der Waals surface area contributed by atoms with Crippen molar-refractivity contribution in [2.45, 2.75) is 31.8 Å². The van der Waals surface area contributed by atoms with Gasteiger partial charge in [0.25, 0.3) is 5.91 Å². The molecule has 0 spiro atoms. The molecule has 0 aliphatic heterocycles. The van der Waals surface area contributed by atoms with Gasteiger partial charge in [0.2, 0.25) is 6.10 Å². The lowest BCUT2D eigenvalue weighted by Crippen LogP contribution is -2.33. The zero-order chi connectivity index (χ0) is 17.9. The molecule has 2 rings (SSSR count). The largest absolute Gasteiger partial charge is 0.481 e. The molecule has 2 N–H and O–H groups in total. The molecule has 0 radical (unpaired) electrons. The Kier molecular flexibility index (Phi) is 7.50. The molecule has 0 saturated carbocycles. The maximum atomic E-state index is 12.6. The van der Waals surface area contributed by atoms with E-state index < -0.39 is 12.1 Å². The van der Waals surface area contributed by atoms with Crippen molar-refractivity contribution in [3.8, 4) is 5.75 Å². The Balaban J connectivity index is 1.91. The number of amides is 1. The van der Waals surface area contributed by atoms with Crippen LogP contribution in [0.1, 0.15) is 37.4 Å². The number of benzene rings is 2. The van der Waals surface area contributed by atoms with Gasteiger partial charge in [-0.3, -0.25) is 9.59 Å². The summed E-state index contributed by atoms with van der Waals surface area (Å²) in [6.45, 7) is 0.500. The van der Waals surface area contributed by atoms with Crippen molar-refractivity contribution in [1.29, 1.82) is 0 Å². The number of para-hydroxylation sites is 1. The molecule has 1 atom stereocenters. The van der Waals surface area contributed by atoms with E-state index >= 15 is 0 Å². The van der Waals surface area contributed by atoms with Crippen molar-refractivity contribution in [2.24, 2.45) is 0 Å². The molecular weight excluding hydrogens is 318 g/mol. The molecule has 2 aromatic carbocycles. The number of hydrogen-bond donors (Lipinski definition) is 2. The molecule has 5 nitrogen and oxygen atoms in total. The molecule has 25 heavy (non-hydrogen) atoms. The number of carboxylic acid groups (broad SMARTS) is 1. The highest BCUT2D eigenvalue weighted by Crippen LogP contribution is 2.22. The smallest absolute Gasteiger partial charge is 0.303 e. The highest BCUT2D eigenvalue weighted by Gasteiger charge is 2.22. The van der Waals surface area contributed by atoms with Crippen LogP contribution in [0.4, 0.5) is 0 Å². The molecule has 1 amide bonds. The second-order valence-corrected chi connectivity index (χ2v) is 5.72. The summed E-state index contributed by atoms with van der Waals surface area (Å²) < 4.78 is 5.88. The lowest BCUT2D eigenvalue weighted by molar-refractivity contribution is -0.137. The number of ether oxygens (including phenoxy) is 1. The van der Waals surface area contributed by atoms with Crippen LogP contribution in [-0.4, -0.2) is 23.5 Å². The van der Waals surface area contributed by atoms with E-state index in [2.05, 4.69) is 5.32 Å². The third-order valence-electron chi connectivity index (χ3n) is 3.70. The van der Waals surface area contributed by atoms with E-state index in [0.717, 1.165) is 18.4 Å². The first-order chi connectivity index (χ1) is 12.2. The Morgan fingerprint density at radius 2 is 1.56 bits per heavy atom. The maximum absolute atomic E-state index is 12.6. The molecule has 2 aromatic rings. The SMILES string of the molecule is O=C(O)CCCCCNC(=O)C(Oc1ccccc1)c1ccccc1. The number of rotatable bonds is 10. The fraction of sp³-hybridized carbons (Fsp3) is 0.300. The van der Waals surface area contributed by atoms with Gasteiger partial charge >= 0.3 is 5.97 Å². The fourth-order valence-electron chi connectivity index (χ4n) is 2.42. The third-order valence-corrected chi connectivity index (χ3v) is 3.70. The van der Waals surface area contributed by atoms with Crippen molar-refractivity contribution in [3.05, 3.63) is 66.2 Å². The summed E-state index contributed by atoms with van der Waals surface area (Å²) in [4.78, 5) is 23.0. The Hall–Kier alpha value is -2.82. The summed E-state index contributed by atoms with van der Waals surface area (Å²) in [6.07, 6.45) is 1.57. The Bertz CT molecular complexity index is 658. The van der Waals surface area contributed by atoms with Crippen molar-refractivity contribution in [3.63, 3.8) is 0 Å². The summed E-state index contributed by atoms with van der Waals surface area (Å²) in [5.74, 6) is -0.356. The van der Waals surface area contributed by atoms with E-state index in [4.69, 9.17) is 9.84 Å². The van der Waals surface area contributed by atoms with Crippen LogP contribution >= 0.6 is 0 Å². The maximum Gasteiger partial charge on any atom is 0.303 e. The van der Waals surface area contributed by atoms with Crippen LogP contribution in [0.15, 0.2) is 60.7 Å². The van der Waals surface area contributed by atoms with Gasteiger partial charge in [-0.15, -0.1) is 0 Å². The van der Waals surface area contributed by atoms with Gasteiger partial charge in [-0.25, -0.2) is 0 Å². The zero-order valence-corrected chi connectivity index (χ0v) is 14.1. The Morgan fingerprint density at radius 3 is 2.20 bits per heavy atom. The lowest BCUT2D eigenvalue weighted by atomic mass is 10.1. The summed E-state index contributed by atoms with van der Waals surface area (Å²) >= 11 is 0. The van der Waals surface area contributed by atoms with Gasteiger partial charge in [0, 0.05) is 18.5 Å². The molecule has 132 valence electrons. The minimum absolute atomic E-state index is 0.164. The van der Waals surface area contributed by atoms with E-state index in [1.54, 1.807) is 0 Å². The average Bonchev–Trinajstić information content (AvgIpc) is 2.63. The summed E-state index contributed by atoms with van der Waals surface area (Å²) in [5.41, 5.74) is 0.787. The van der Waals surface area contributed by atoms with Crippen molar-refractivity contribution < 1.29 is 19.4 Å². The molecule has 0 saturated heterocycles. The normalized spacial score (nSPS) is 11.5. The van der Waals surface area contributed by atoms with Crippen LogP contribution < -0.4 is 10.1 Å². The number of aliphatic carboxylic acids is 1. The molecular formula is C20H23NO4. The number of hydrogen-bond acceptors (Lipinski definition) is 3. The van der Waals surface area contributed by atoms with Gasteiger partial charge in [-0.1, -0.05) is 55.0 Å². The average molecular weight is 341 g/mol.